The van der Waals surface area contributed by atoms with Crippen molar-refractivity contribution in [2.75, 3.05) is 0 Å². The minimum absolute atomic E-state index is 0.0785. The van der Waals surface area contributed by atoms with Crippen LogP contribution in [0.4, 0.5) is 0 Å². The van der Waals surface area contributed by atoms with Crippen LogP contribution in [0.5, 0.6) is 0 Å². The molecule has 1 rings (SSSR count). The average Bonchev–Trinajstić information content (AvgIpc) is 2.27. The summed E-state index contributed by atoms with van der Waals surface area (Å²) in [5.41, 5.74) is 0. The van der Waals surface area contributed by atoms with Crippen molar-refractivity contribution < 1.29 is 4.79 Å². The molecule has 0 aromatic heterocycles. The minimum atomic E-state index is -0.0785. The highest BCUT2D eigenvalue weighted by Gasteiger charge is 2.25. The lowest BCUT2D eigenvalue weighted by molar-refractivity contribution is -0.123. The molecule has 1 aliphatic rings. The van der Waals surface area contributed by atoms with Gasteiger partial charge in [-0.1, -0.05) is 26.7 Å². The van der Waals surface area contributed by atoms with Crippen LogP contribution in [0.1, 0.15) is 66.7 Å². The summed E-state index contributed by atoms with van der Waals surface area (Å²) >= 11 is 0. The van der Waals surface area contributed by atoms with Gasteiger partial charge in [0.1, 0.15) is 0 Å². The largest absolute Gasteiger partial charge is 0.353 e. The highest BCUT2D eigenvalue weighted by molar-refractivity contribution is 5.81. The number of rotatable bonds is 6. The first-order chi connectivity index (χ1) is 8.88. The zero-order valence-corrected chi connectivity index (χ0v) is 13.3. The van der Waals surface area contributed by atoms with Crippen LogP contribution >= 0.6 is 0 Å². The first kappa shape index (κ1) is 16.5. The Morgan fingerprint density at radius 1 is 1.16 bits per heavy atom. The van der Waals surface area contributed by atoms with Crippen LogP contribution in [0.25, 0.3) is 0 Å². The Labute approximate surface area is 118 Å². The molecule has 1 aliphatic carbocycles. The van der Waals surface area contributed by atoms with E-state index in [4.69, 9.17) is 0 Å². The van der Waals surface area contributed by atoms with Gasteiger partial charge in [0.2, 0.25) is 5.91 Å². The number of nitrogens with one attached hydrogen (secondary N) is 2. The van der Waals surface area contributed by atoms with E-state index in [1.54, 1.807) is 0 Å². The van der Waals surface area contributed by atoms with Crippen LogP contribution < -0.4 is 10.6 Å². The molecule has 112 valence electrons. The highest BCUT2D eigenvalue weighted by atomic mass is 16.2. The summed E-state index contributed by atoms with van der Waals surface area (Å²) in [5, 5.41) is 6.49. The van der Waals surface area contributed by atoms with Crippen molar-refractivity contribution in [3.05, 3.63) is 0 Å². The molecule has 0 saturated heterocycles. The van der Waals surface area contributed by atoms with Crippen LogP contribution in [-0.2, 0) is 4.79 Å². The molecule has 0 spiro atoms. The molecule has 19 heavy (non-hydrogen) atoms. The van der Waals surface area contributed by atoms with Crippen LogP contribution in [0.2, 0.25) is 0 Å². The fourth-order valence-corrected chi connectivity index (χ4v) is 3.16. The van der Waals surface area contributed by atoms with E-state index in [0.717, 1.165) is 11.8 Å². The number of carbonyl (C=O) groups excluding carboxylic acids is 1. The molecule has 1 saturated carbocycles. The molecule has 0 bridgehead atoms. The molecule has 3 atom stereocenters. The Balaban J connectivity index is 2.37. The van der Waals surface area contributed by atoms with Gasteiger partial charge in [-0.05, 0) is 51.9 Å². The molecule has 0 radical (unpaired) electrons. The van der Waals surface area contributed by atoms with Crippen LogP contribution in [0.15, 0.2) is 0 Å². The third kappa shape index (κ3) is 6.42. The average molecular weight is 268 g/mol. The van der Waals surface area contributed by atoms with Gasteiger partial charge in [-0.3, -0.25) is 4.79 Å². The molecular formula is C16H32N2O. The third-order valence-corrected chi connectivity index (χ3v) is 3.90. The molecule has 3 unspecified atom stereocenters. The fourth-order valence-electron chi connectivity index (χ4n) is 3.16. The second-order valence-electron chi connectivity index (χ2n) is 6.91. The smallest absolute Gasteiger partial charge is 0.237 e. The Morgan fingerprint density at radius 3 is 2.42 bits per heavy atom. The van der Waals surface area contributed by atoms with Crippen molar-refractivity contribution in [2.45, 2.75) is 84.8 Å². The predicted octanol–water partition coefficient (Wildman–Crippen LogP) is 3.09. The molecule has 1 amide bonds. The second-order valence-corrected chi connectivity index (χ2v) is 6.91. The van der Waals surface area contributed by atoms with Gasteiger partial charge in [-0.2, -0.15) is 0 Å². The molecule has 3 nitrogen and oxygen atoms in total. The molecule has 2 N–H and O–H groups in total. The number of hydrogen-bond acceptors (Lipinski definition) is 2. The lowest BCUT2D eigenvalue weighted by Gasteiger charge is -2.32. The lowest BCUT2D eigenvalue weighted by Crippen LogP contribution is -2.49. The Kier molecular flexibility index (Phi) is 6.84. The van der Waals surface area contributed by atoms with Crippen molar-refractivity contribution in [1.82, 2.24) is 10.6 Å². The quantitative estimate of drug-likeness (QED) is 0.777. The topological polar surface area (TPSA) is 41.1 Å². The van der Waals surface area contributed by atoms with Gasteiger partial charge in [0.05, 0.1) is 6.04 Å². The van der Waals surface area contributed by atoms with Crippen molar-refractivity contribution in [3.8, 4) is 0 Å². The molecule has 1 fully saturated rings. The van der Waals surface area contributed by atoms with Crippen molar-refractivity contribution in [3.63, 3.8) is 0 Å². The Bertz CT molecular complexity index is 276. The monoisotopic (exact) mass is 268 g/mol. The van der Waals surface area contributed by atoms with Crippen molar-refractivity contribution in [2.24, 2.45) is 11.8 Å². The molecule has 0 heterocycles. The van der Waals surface area contributed by atoms with Gasteiger partial charge < -0.3 is 10.6 Å². The molecule has 0 aromatic carbocycles. The van der Waals surface area contributed by atoms with Crippen LogP contribution in [0, 0.1) is 11.8 Å². The summed E-state index contributed by atoms with van der Waals surface area (Å²) in [7, 11) is 0. The van der Waals surface area contributed by atoms with E-state index in [-0.39, 0.29) is 18.0 Å². The van der Waals surface area contributed by atoms with Gasteiger partial charge in [-0.25, -0.2) is 0 Å². The maximum absolute atomic E-state index is 11.9. The zero-order chi connectivity index (χ0) is 14.4. The number of amides is 1. The summed E-state index contributed by atoms with van der Waals surface area (Å²) < 4.78 is 0. The SMILES string of the molecule is CC(C)CC1CCCC(NC(C)C(=O)NC(C)C)C1. The van der Waals surface area contributed by atoms with E-state index >= 15 is 0 Å². The molecule has 0 aromatic rings. The molecule has 0 aliphatic heterocycles. The second kappa shape index (κ2) is 7.88. The Morgan fingerprint density at radius 2 is 1.84 bits per heavy atom. The summed E-state index contributed by atoms with van der Waals surface area (Å²) in [5.74, 6) is 1.75. The van der Waals surface area contributed by atoms with E-state index < -0.39 is 0 Å². The predicted molar refractivity (Wildman–Crippen MR) is 81.1 cm³/mol. The zero-order valence-electron chi connectivity index (χ0n) is 13.3. The van der Waals surface area contributed by atoms with Gasteiger partial charge in [0.15, 0.2) is 0 Å². The standard InChI is InChI=1S/C16H32N2O/c1-11(2)9-14-7-6-8-15(10-14)18-13(5)16(19)17-12(3)4/h11-15,18H,6-10H2,1-5H3,(H,17,19). The number of hydrogen-bond donors (Lipinski definition) is 2. The lowest BCUT2D eigenvalue weighted by atomic mass is 9.81. The fraction of sp³-hybridized carbons (Fsp3) is 0.938. The van der Waals surface area contributed by atoms with Gasteiger partial charge in [0, 0.05) is 12.1 Å². The maximum atomic E-state index is 11.9. The Hall–Kier alpha value is -0.570. The third-order valence-electron chi connectivity index (χ3n) is 3.90. The van der Waals surface area contributed by atoms with Gasteiger partial charge in [0.25, 0.3) is 0 Å². The van der Waals surface area contributed by atoms with E-state index in [9.17, 15) is 4.79 Å². The van der Waals surface area contributed by atoms with E-state index in [1.165, 1.54) is 32.1 Å². The van der Waals surface area contributed by atoms with Gasteiger partial charge >= 0.3 is 0 Å². The van der Waals surface area contributed by atoms with E-state index in [1.807, 2.05) is 20.8 Å². The summed E-state index contributed by atoms with van der Waals surface area (Å²) in [6, 6.07) is 0.660. The normalized spacial score (nSPS) is 25.6. The van der Waals surface area contributed by atoms with Crippen molar-refractivity contribution in [1.29, 1.82) is 0 Å². The van der Waals surface area contributed by atoms with E-state index in [0.29, 0.717) is 6.04 Å². The summed E-state index contributed by atoms with van der Waals surface area (Å²) in [6.45, 7) is 10.6. The van der Waals surface area contributed by atoms with Gasteiger partial charge in [-0.15, -0.1) is 0 Å². The summed E-state index contributed by atoms with van der Waals surface area (Å²) in [6.07, 6.45) is 6.44. The first-order valence-electron chi connectivity index (χ1n) is 7.95. The highest BCUT2D eigenvalue weighted by Crippen LogP contribution is 2.29. The minimum Gasteiger partial charge on any atom is -0.353 e. The molecule has 3 heteroatoms. The van der Waals surface area contributed by atoms with Crippen LogP contribution in [0.3, 0.4) is 0 Å². The summed E-state index contributed by atoms with van der Waals surface area (Å²) in [4.78, 5) is 11.9. The molecular weight excluding hydrogens is 236 g/mol. The van der Waals surface area contributed by atoms with Crippen molar-refractivity contribution >= 4 is 5.91 Å². The number of carbonyl (C=O) groups is 1. The first-order valence-corrected chi connectivity index (χ1v) is 7.95. The maximum Gasteiger partial charge on any atom is 0.237 e. The van der Waals surface area contributed by atoms with Crippen LogP contribution in [-0.4, -0.2) is 24.0 Å². The van der Waals surface area contributed by atoms with E-state index in [2.05, 4.69) is 24.5 Å².